The smallest absolute Gasteiger partial charge is 0.131 e. The van der Waals surface area contributed by atoms with E-state index >= 15 is 0 Å². The van der Waals surface area contributed by atoms with E-state index in [9.17, 15) is 20.4 Å². The number of nitrogens with zero attached hydrogens (tertiary/aromatic N) is 1. The number of unbranched alkanes of at least 4 members (excludes halogenated alkanes) is 6. The van der Waals surface area contributed by atoms with E-state index in [-0.39, 0.29) is 6.54 Å². The summed E-state index contributed by atoms with van der Waals surface area (Å²) in [5.74, 6) is 0. The van der Waals surface area contributed by atoms with Crippen LogP contribution in [0.25, 0.3) is 0 Å². The van der Waals surface area contributed by atoms with Gasteiger partial charge in [-0.1, -0.05) is 39.0 Å². The van der Waals surface area contributed by atoms with E-state index < -0.39 is 31.0 Å². The molecule has 0 fully saturated rings. The van der Waals surface area contributed by atoms with E-state index in [1.54, 1.807) is 0 Å². The Kier molecular flexibility index (Phi) is 12.0. The van der Waals surface area contributed by atoms with E-state index in [1.165, 1.54) is 32.1 Å². The van der Waals surface area contributed by atoms with Crippen molar-refractivity contribution < 1.29 is 30.0 Å². The Morgan fingerprint density at radius 1 is 0.739 bits per heavy atom. The van der Waals surface area contributed by atoms with Crippen molar-refractivity contribution in [2.45, 2.75) is 76.3 Å². The van der Waals surface area contributed by atoms with E-state index in [0.717, 1.165) is 19.4 Å². The van der Waals surface area contributed by atoms with Gasteiger partial charge in [-0.3, -0.25) is 0 Å². The highest BCUT2D eigenvalue weighted by Gasteiger charge is 2.33. The minimum absolute atomic E-state index is 0.284. The summed E-state index contributed by atoms with van der Waals surface area (Å²) in [6.07, 6.45) is 2.96. The first-order valence-corrected chi connectivity index (χ1v) is 8.90. The fourth-order valence-electron chi connectivity index (χ4n) is 2.77. The quantitative estimate of drug-likeness (QED) is 0.231. The van der Waals surface area contributed by atoms with Crippen molar-refractivity contribution in [3.8, 4) is 0 Å². The first kappa shape index (κ1) is 22.8. The third kappa shape index (κ3) is 10.3. The predicted molar refractivity (Wildman–Crippen MR) is 90.9 cm³/mol. The van der Waals surface area contributed by atoms with Gasteiger partial charge in [0.2, 0.25) is 0 Å². The van der Waals surface area contributed by atoms with Crippen LogP contribution in [0.15, 0.2) is 0 Å². The first-order valence-electron chi connectivity index (χ1n) is 8.90. The van der Waals surface area contributed by atoms with Gasteiger partial charge in [-0.25, -0.2) is 0 Å². The Balaban J connectivity index is 4.04. The molecule has 0 bridgehead atoms. The molecule has 0 saturated carbocycles. The highest BCUT2D eigenvalue weighted by Crippen LogP contribution is 2.12. The molecular weight excluding hydrogens is 298 g/mol. The van der Waals surface area contributed by atoms with Gasteiger partial charge in [0, 0.05) is 0 Å². The summed E-state index contributed by atoms with van der Waals surface area (Å²) in [5, 5.41) is 47.7. The minimum atomic E-state index is -1.55. The van der Waals surface area contributed by atoms with Crippen molar-refractivity contribution in [1.82, 2.24) is 0 Å². The molecule has 6 nitrogen and oxygen atoms in total. The molecular formula is C17H38NO5+. The maximum atomic E-state index is 10.0. The second kappa shape index (κ2) is 12.2. The lowest BCUT2D eigenvalue weighted by molar-refractivity contribution is -0.894. The topological polar surface area (TPSA) is 101 Å². The average molecular weight is 336 g/mol. The second-order valence-electron chi connectivity index (χ2n) is 7.26. The highest BCUT2D eigenvalue weighted by molar-refractivity contribution is 4.80. The lowest BCUT2D eigenvalue weighted by Gasteiger charge is -2.34. The Labute approximate surface area is 141 Å². The monoisotopic (exact) mass is 336 g/mol. The normalized spacial score (nSPS) is 17.7. The first-order chi connectivity index (χ1) is 10.7. The molecule has 4 unspecified atom stereocenters. The number of quaternary nitrogens is 1. The standard InChI is InChI=1S/C17H38NO5/c1-4-5-6-7-8-9-10-11-18(2,3)12-14(20)16(22)17(23)15(21)13-19/h14-17,19-23H,4-13H2,1-3H3/q+1. The number of hydrogen-bond donors (Lipinski definition) is 5. The summed E-state index contributed by atoms with van der Waals surface area (Å²) in [6.45, 7) is 2.72. The number of likely N-dealkylation sites (N-methyl/N-ethyl adjacent to an activating group) is 1. The highest BCUT2D eigenvalue weighted by atomic mass is 16.4. The minimum Gasteiger partial charge on any atom is -0.394 e. The van der Waals surface area contributed by atoms with Crippen LogP contribution in [0.1, 0.15) is 51.9 Å². The summed E-state index contributed by atoms with van der Waals surface area (Å²) in [7, 11) is 3.95. The van der Waals surface area contributed by atoms with Gasteiger partial charge in [0.25, 0.3) is 0 Å². The predicted octanol–water partition coefficient (Wildman–Crippen LogP) is 0.249. The van der Waals surface area contributed by atoms with Crippen LogP contribution in [-0.4, -0.2) is 88.2 Å². The van der Waals surface area contributed by atoms with Gasteiger partial charge in [0.15, 0.2) is 0 Å². The largest absolute Gasteiger partial charge is 0.394 e. The fourth-order valence-corrected chi connectivity index (χ4v) is 2.77. The molecule has 23 heavy (non-hydrogen) atoms. The zero-order valence-electron chi connectivity index (χ0n) is 15.1. The molecule has 0 saturated heterocycles. The molecule has 0 aromatic rings. The molecule has 0 aliphatic carbocycles. The van der Waals surface area contributed by atoms with E-state index in [0.29, 0.717) is 4.48 Å². The maximum Gasteiger partial charge on any atom is 0.131 e. The molecule has 4 atom stereocenters. The van der Waals surface area contributed by atoms with Crippen LogP contribution in [0.2, 0.25) is 0 Å². The van der Waals surface area contributed by atoms with Crippen molar-refractivity contribution in [3.63, 3.8) is 0 Å². The van der Waals surface area contributed by atoms with Gasteiger partial charge >= 0.3 is 0 Å². The molecule has 0 aliphatic rings. The molecule has 0 radical (unpaired) electrons. The molecule has 0 amide bonds. The van der Waals surface area contributed by atoms with Crippen LogP contribution in [0.3, 0.4) is 0 Å². The zero-order chi connectivity index (χ0) is 17.9. The van der Waals surface area contributed by atoms with Crippen LogP contribution < -0.4 is 0 Å². The van der Waals surface area contributed by atoms with Gasteiger partial charge in [-0.05, 0) is 12.8 Å². The molecule has 0 aromatic heterocycles. The fraction of sp³-hybridized carbons (Fsp3) is 1.00. The van der Waals surface area contributed by atoms with Gasteiger partial charge in [-0.15, -0.1) is 0 Å². The second-order valence-corrected chi connectivity index (χ2v) is 7.26. The van der Waals surface area contributed by atoms with Crippen LogP contribution >= 0.6 is 0 Å². The number of rotatable bonds is 14. The summed E-state index contributed by atoms with van der Waals surface area (Å²) in [4.78, 5) is 0. The molecule has 0 spiro atoms. The summed E-state index contributed by atoms with van der Waals surface area (Å²) >= 11 is 0. The average Bonchev–Trinajstić information content (AvgIpc) is 2.51. The SMILES string of the molecule is CCCCCCCCC[N+](C)(C)CC(O)C(O)C(O)C(O)CO. The van der Waals surface area contributed by atoms with Crippen LogP contribution in [0.5, 0.6) is 0 Å². The van der Waals surface area contributed by atoms with Crippen LogP contribution in [0, 0.1) is 0 Å². The molecule has 0 aromatic carbocycles. The molecule has 0 rings (SSSR count). The van der Waals surface area contributed by atoms with Gasteiger partial charge < -0.3 is 30.0 Å². The summed E-state index contributed by atoms with van der Waals surface area (Å²) < 4.78 is 0.537. The van der Waals surface area contributed by atoms with Gasteiger partial charge in [0.05, 0.1) is 27.2 Å². The van der Waals surface area contributed by atoms with E-state index in [4.69, 9.17) is 5.11 Å². The Morgan fingerprint density at radius 2 is 1.22 bits per heavy atom. The number of aliphatic hydroxyl groups is 5. The molecule has 6 heteroatoms. The summed E-state index contributed by atoms with van der Waals surface area (Å²) in [5.41, 5.74) is 0. The third-order valence-electron chi connectivity index (χ3n) is 4.37. The van der Waals surface area contributed by atoms with Crippen molar-refractivity contribution in [2.75, 3.05) is 33.8 Å². The maximum absolute atomic E-state index is 10.0. The molecule has 0 aliphatic heterocycles. The Morgan fingerprint density at radius 3 is 1.74 bits per heavy atom. The lowest BCUT2D eigenvalue weighted by atomic mass is 10.0. The van der Waals surface area contributed by atoms with Crippen molar-refractivity contribution >= 4 is 0 Å². The van der Waals surface area contributed by atoms with E-state index in [1.807, 2.05) is 14.1 Å². The zero-order valence-corrected chi connectivity index (χ0v) is 15.1. The molecule has 0 heterocycles. The molecule has 140 valence electrons. The Bertz CT molecular complexity index is 288. The van der Waals surface area contributed by atoms with Crippen LogP contribution in [0.4, 0.5) is 0 Å². The van der Waals surface area contributed by atoms with Crippen molar-refractivity contribution in [3.05, 3.63) is 0 Å². The van der Waals surface area contributed by atoms with E-state index in [2.05, 4.69) is 6.92 Å². The third-order valence-corrected chi connectivity index (χ3v) is 4.37. The lowest BCUT2D eigenvalue weighted by Crippen LogP contribution is -2.54. The van der Waals surface area contributed by atoms with Gasteiger partial charge in [0.1, 0.15) is 31.0 Å². The van der Waals surface area contributed by atoms with Crippen molar-refractivity contribution in [2.24, 2.45) is 0 Å². The summed E-state index contributed by atoms with van der Waals surface area (Å²) in [6, 6.07) is 0. The molecule has 5 N–H and O–H groups in total. The Hall–Kier alpha value is -0.240. The van der Waals surface area contributed by atoms with Crippen LogP contribution in [-0.2, 0) is 0 Å². The number of hydrogen-bond acceptors (Lipinski definition) is 5. The van der Waals surface area contributed by atoms with Gasteiger partial charge in [-0.2, -0.15) is 0 Å². The number of aliphatic hydroxyl groups excluding tert-OH is 5. The van der Waals surface area contributed by atoms with Crippen molar-refractivity contribution in [1.29, 1.82) is 0 Å².